The number of benzene rings is 1. The number of methoxy groups -OCH3 is 2. The van der Waals surface area contributed by atoms with Crippen LogP contribution >= 0.6 is 11.3 Å². The Hall–Kier alpha value is -2.52. The van der Waals surface area contributed by atoms with Crippen LogP contribution in [0.5, 0.6) is 5.75 Å². The monoisotopic (exact) mass is 362 g/mol. The Kier molecular flexibility index (Phi) is 5.25. The van der Waals surface area contributed by atoms with Crippen LogP contribution in [0.25, 0.3) is 0 Å². The Balaban J connectivity index is 1.65. The predicted octanol–water partition coefficient (Wildman–Crippen LogP) is 1.68. The molecule has 0 spiro atoms. The molecule has 8 nitrogen and oxygen atoms in total. The SMILES string of the molecule is COCc1nnc(NC(=O)[C@@H]2CC(=O)N(c3cccc(OC)c3)C2)s1. The molecule has 1 fully saturated rings. The minimum absolute atomic E-state index is 0.0919. The van der Waals surface area contributed by atoms with Crippen molar-refractivity contribution < 1.29 is 19.1 Å². The van der Waals surface area contributed by atoms with Gasteiger partial charge in [0.2, 0.25) is 16.9 Å². The van der Waals surface area contributed by atoms with Gasteiger partial charge in [-0.25, -0.2) is 0 Å². The fraction of sp³-hybridized carbons (Fsp3) is 0.375. The second-order valence-electron chi connectivity index (χ2n) is 5.53. The second kappa shape index (κ2) is 7.58. The molecule has 0 unspecified atom stereocenters. The zero-order valence-electron chi connectivity index (χ0n) is 13.9. The Morgan fingerprint density at radius 3 is 3.00 bits per heavy atom. The van der Waals surface area contributed by atoms with Crippen LogP contribution in [0.3, 0.4) is 0 Å². The van der Waals surface area contributed by atoms with E-state index in [0.29, 0.717) is 29.0 Å². The number of ether oxygens (including phenoxy) is 2. The summed E-state index contributed by atoms with van der Waals surface area (Å²) in [5, 5.41) is 11.6. The number of aromatic nitrogens is 2. The third-order valence-electron chi connectivity index (χ3n) is 3.83. The van der Waals surface area contributed by atoms with E-state index in [0.717, 1.165) is 5.69 Å². The number of nitrogens with one attached hydrogen (secondary N) is 1. The largest absolute Gasteiger partial charge is 0.497 e. The van der Waals surface area contributed by atoms with E-state index in [1.54, 1.807) is 31.3 Å². The lowest BCUT2D eigenvalue weighted by molar-refractivity contribution is -0.122. The molecule has 132 valence electrons. The van der Waals surface area contributed by atoms with E-state index in [9.17, 15) is 9.59 Å². The van der Waals surface area contributed by atoms with Crippen LogP contribution in [0.15, 0.2) is 24.3 Å². The maximum absolute atomic E-state index is 12.4. The van der Waals surface area contributed by atoms with Gasteiger partial charge in [-0.15, -0.1) is 10.2 Å². The van der Waals surface area contributed by atoms with E-state index >= 15 is 0 Å². The molecule has 1 aliphatic rings. The highest BCUT2D eigenvalue weighted by molar-refractivity contribution is 7.15. The summed E-state index contributed by atoms with van der Waals surface area (Å²) in [6.45, 7) is 0.667. The highest BCUT2D eigenvalue weighted by Crippen LogP contribution is 2.28. The molecule has 2 heterocycles. The number of nitrogens with zero attached hydrogens (tertiary/aromatic N) is 3. The van der Waals surface area contributed by atoms with E-state index in [4.69, 9.17) is 9.47 Å². The predicted molar refractivity (Wildman–Crippen MR) is 92.7 cm³/mol. The molecule has 2 aromatic rings. The topological polar surface area (TPSA) is 93.7 Å². The molecule has 1 atom stereocenters. The molecule has 0 saturated carbocycles. The van der Waals surface area contributed by atoms with Crippen molar-refractivity contribution in [3.8, 4) is 5.75 Å². The van der Waals surface area contributed by atoms with Gasteiger partial charge in [-0.1, -0.05) is 17.4 Å². The molecule has 1 aliphatic heterocycles. The lowest BCUT2D eigenvalue weighted by Gasteiger charge is -2.17. The van der Waals surface area contributed by atoms with Crippen LogP contribution in [0.2, 0.25) is 0 Å². The van der Waals surface area contributed by atoms with E-state index in [-0.39, 0.29) is 18.2 Å². The zero-order chi connectivity index (χ0) is 17.8. The van der Waals surface area contributed by atoms with Crippen LogP contribution in [0.1, 0.15) is 11.4 Å². The molecule has 1 N–H and O–H groups in total. The average Bonchev–Trinajstić information content (AvgIpc) is 3.22. The summed E-state index contributed by atoms with van der Waals surface area (Å²) in [6, 6.07) is 7.22. The summed E-state index contributed by atoms with van der Waals surface area (Å²) in [7, 11) is 3.14. The summed E-state index contributed by atoms with van der Waals surface area (Å²) >= 11 is 1.25. The number of carbonyl (C=O) groups excluding carboxylic acids is 2. The van der Waals surface area contributed by atoms with Crippen LogP contribution in [-0.4, -0.2) is 42.8 Å². The summed E-state index contributed by atoms with van der Waals surface area (Å²) in [6.07, 6.45) is 0.159. The Labute approximate surface area is 148 Å². The van der Waals surface area contributed by atoms with Crippen molar-refractivity contribution in [1.82, 2.24) is 10.2 Å². The van der Waals surface area contributed by atoms with Crippen molar-refractivity contribution in [1.29, 1.82) is 0 Å². The molecule has 25 heavy (non-hydrogen) atoms. The van der Waals surface area contributed by atoms with Gasteiger partial charge in [-0.05, 0) is 12.1 Å². The molecule has 0 bridgehead atoms. The fourth-order valence-corrected chi connectivity index (χ4v) is 3.32. The lowest BCUT2D eigenvalue weighted by Crippen LogP contribution is -2.28. The summed E-state index contributed by atoms with van der Waals surface area (Å²) < 4.78 is 10.2. The van der Waals surface area contributed by atoms with Gasteiger partial charge in [-0.2, -0.15) is 0 Å². The van der Waals surface area contributed by atoms with Crippen molar-refractivity contribution in [2.45, 2.75) is 13.0 Å². The molecule has 0 aliphatic carbocycles. The van der Waals surface area contributed by atoms with Gasteiger partial charge in [-0.3, -0.25) is 9.59 Å². The standard InChI is InChI=1S/C16H18N4O4S/c1-23-9-13-18-19-16(25-13)17-15(22)10-6-14(21)20(8-10)11-4-3-5-12(7-11)24-2/h3-5,7,10H,6,8-9H2,1-2H3,(H,17,19,22)/t10-/m1/s1. The number of hydrogen-bond acceptors (Lipinski definition) is 7. The van der Waals surface area contributed by atoms with Gasteiger partial charge in [0, 0.05) is 31.8 Å². The second-order valence-corrected chi connectivity index (χ2v) is 6.59. The molecule has 9 heteroatoms. The first-order valence-electron chi connectivity index (χ1n) is 7.67. The maximum atomic E-state index is 12.4. The van der Waals surface area contributed by atoms with Crippen LogP contribution in [0.4, 0.5) is 10.8 Å². The number of anilines is 2. The molecule has 1 aromatic heterocycles. The van der Waals surface area contributed by atoms with Crippen molar-refractivity contribution >= 4 is 34.0 Å². The molecule has 1 saturated heterocycles. The third-order valence-corrected chi connectivity index (χ3v) is 4.64. The quantitative estimate of drug-likeness (QED) is 0.840. The first-order valence-corrected chi connectivity index (χ1v) is 8.49. The van der Waals surface area contributed by atoms with E-state index < -0.39 is 5.92 Å². The van der Waals surface area contributed by atoms with Crippen LogP contribution in [0, 0.1) is 5.92 Å². The molecule has 2 amide bonds. The number of rotatable bonds is 6. The van der Waals surface area contributed by atoms with Crippen molar-refractivity contribution in [2.24, 2.45) is 5.92 Å². The molecule has 1 aromatic carbocycles. The van der Waals surface area contributed by atoms with Crippen LogP contribution in [-0.2, 0) is 20.9 Å². The third kappa shape index (κ3) is 3.94. The van der Waals surface area contributed by atoms with Gasteiger partial charge in [0.05, 0.1) is 13.0 Å². The van der Waals surface area contributed by atoms with Crippen molar-refractivity contribution in [2.75, 3.05) is 31.0 Å². The van der Waals surface area contributed by atoms with Crippen molar-refractivity contribution in [3.05, 3.63) is 29.3 Å². The van der Waals surface area contributed by atoms with Gasteiger partial charge >= 0.3 is 0 Å². The Morgan fingerprint density at radius 1 is 1.40 bits per heavy atom. The zero-order valence-corrected chi connectivity index (χ0v) is 14.7. The minimum atomic E-state index is -0.437. The van der Waals surface area contributed by atoms with E-state index in [1.807, 2.05) is 12.1 Å². The highest BCUT2D eigenvalue weighted by Gasteiger charge is 2.35. The summed E-state index contributed by atoms with van der Waals surface area (Å²) in [5.41, 5.74) is 0.720. The average molecular weight is 362 g/mol. The first-order chi connectivity index (χ1) is 12.1. The first kappa shape index (κ1) is 17.3. The number of carbonyl (C=O) groups is 2. The Bertz CT molecular complexity index is 779. The molecular formula is C16H18N4O4S. The number of hydrogen-bond donors (Lipinski definition) is 1. The Morgan fingerprint density at radius 2 is 2.24 bits per heavy atom. The summed E-state index contributed by atoms with van der Waals surface area (Å²) in [4.78, 5) is 26.3. The van der Waals surface area contributed by atoms with Crippen LogP contribution < -0.4 is 15.0 Å². The van der Waals surface area contributed by atoms with Crippen molar-refractivity contribution in [3.63, 3.8) is 0 Å². The lowest BCUT2D eigenvalue weighted by atomic mass is 10.1. The van der Waals surface area contributed by atoms with Gasteiger partial charge in [0.1, 0.15) is 17.4 Å². The summed E-state index contributed by atoms with van der Waals surface area (Å²) in [5.74, 6) is -0.101. The number of amides is 2. The maximum Gasteiger partial charge on any atom is 0.231 e. The van der Waals surface area contributed by atoms with Gasteiger partial charge < -0.3 is 19.7 Å². The van der Waals surface area contributed by atoms with Gasteiger partial charge in [0.15, 0.2) is 0 Å². The fourth-order valence-electron chi connectivity index (χ4n) is 2.60. The molecule has 0 radical (unpaired) electrons. The molecule has 3 rings (SSSR count). The molecular weight excluding hydrogens is 344 g/mol. The smallest absolute Gasteiger partial charge is 0.231 e. The highest BCUT2D eigenvalue weighted by atomic mass is 32.1. The minimum Gasteiger partial charge on any atom is -0.497 e. The van der Waals surface area contributed by atoms with E-state index in [1.165, 1.54) is 11.3 Å². The van der Waals surface area contributed by atoms with Gasteiger partial charge in [0.25, 0.3) is 0 Å². The normalized spacial score (nSPS) is 17.0. The van der Waals surface area contributed by atoms with E-state index in [2.05, 4.69) is 15.5 Å².